The Kier molecular flexibility index (Phi) is 4.19. The zero-order chi connectivity index (χ0) is 13.1. The van der Waals surface area contributed by atoms with Crippen molar-refractivity contribution in [1.29, 1.82) is 0 Å². The molecule has 2 heterocycles. The van der Waals surface area contributed by atoms with Gasteiger partial charge in [-0.3, -0.25) is 0 Å². The Bertz CT molecular complexity index is 405. The fourth-order valence-corrected chi connectivity index (χ4v) is 2.45. The summed E-state index contributed by atoms with van der Waals surface area (Å²) in [5.41, 5.74) is 2.41. The molecular weight excluding hydrogens is 224 g/mol. The van der Waals surface area contributed by atoms with Gasteiger partial charge in [0.25, 0.3) is 0 Å². The molecule has 0 bridgehead atoms. The number of aryl methyl sites for hydroxylation is 1. The highest BCUT2D eigenvalue weighted by molar-refractivity contribution is 5.43. The van der Waals surface area contributed by atoms with Gasteiger partial charge in [-0.05, 0) is 45.6 Å². The van der Waals surface area contributed by atoms with Crippen molar-refractivity contribution in [1.82, 2.24) is 15.2 Å². The maximum atomic E-state index is 4.68. The monoisotopic (exact) mass is 248 g/mol. The summed E-state index contributed by atoms with van der Waals surface area (Å²) in [5.74, 6) is 1.13. The molecule has 0 aliphatic carbocycles. The van der Waals surface area contributed by atoms with Crippen molar-refractivity contribution in [3.8, 4) is 0 Å². The maximum absolute atomic E-state index is 4.68. The number of hydrogen-bond acceptors (Lipinski definition) is 4. The molecule has 0 spiro atoms. The molecule has 100 valence electrons. The van der Waals surface area contributed by atoms with Crippen molar-refractivity contribution in [2.45, 2.75) is 26.4 Å². The van der Waals surface area contributed by atoms with E-state index in [1.54, 1.807) is 0 Å². The Hall–Kier alpha value is -1.13. The molecule has 1 saturated heterocycles. The van der Waals surface area contributed by atoms with Gasteiger partial charge in [-0.1, -0.05) is 0 Å². The number of nitrogens with zero attached hydrogens (tertiary/aromatic N) is 3. The molecular formula is C14H24N4. The molecule has 1 atom stereocenters. The zero-order valence-electron chi connectivity index (χ0n) is 11.9. The number of nitrogens with one attached hydrogen (secondary N) is 1. The second-order valence-corrected chi connectivity index (χ2v) is 5.28. The molecule has 1 aliphatic rings. The Morgan fingerprint density at radius 2 is 2.17 bits per heavy atom. The van der Waals surface area contributed by atoms with E-state index in [4.69, 9.17) is 0 Å². The van der Waals surface area contributed by atoms with E-state index < -0.39 is 0 Å². The second-order valence-electron chi connectivity index (χ2n) is 5.28. The van der Waals surface area contributed by atoms with Gasteiger partial charge in [-0.25, -0.2) is 4.98 Å². The molecule has 1 fully saturated rings. The van der Waals surface area contributed by atoms with E-state index >= 15 is 0 Å². The molecule has 1 N–H and O–H groups in total. The number of pyridine rings is 1. The summed E-state index contributed by atoms with van der Waals surface area (Å²) in [6, 6.07) is 4.95. The first-order valence-corrected chi connectivity index (χ1v) is 6.67. The molecule has 0 saturated carbocycles. The number of piperazine rings is 1. The molecule has 1 aliphatic heterocycles. The maximum Gasteiger partial charge on any atom is 0.129 e. The van der Waals surface area contributed by atoms with E-state index in [1.165, 1.54) is 5.56 Å². The highest BCUT2D eigenvalue weighted by Gasteiger charge is 2.21. The van der Waals surface area contributed by atoms with Crippen molar-refractivity contribution in [3.05, 3.63) is 23.4 Å². The molecule has 0 radical (unpaired) electrons. The fourth-order valence-electron chi connectivity index (χ4n) is 2.45. The van der Waals surface area contributed by atoms with Gasteiger partial charge in [0.15, 0.2) is 0 Å². The Morgan fingerprint density at radius 1 is 1.39 bits per heavy atom. The molecule has 18 heavy (non-hydrogen) atoms. The predicted octanol–water partition coefficient (Wildman–Crippen LogP) is 1.25. The molecule has 1 unspecified atom stereocenters. The van der Waals surface area contributed by atoms with Crippen LogP contribution in [0, 0.1) is 6.92 Å². The lowest BCUT2D eigenvalue weighted by atomic mass is 10.1. The third-order valence-corrected chi connectivity index (χ3v) is 3.66. The quantitative estimate of drug-likeness (QED) is 0.872. The molecule has 1 aromatic heterocycles. The van der Waals surface area contributed by atoms with Crippen molar-refractivity contribution < 1.29 is 0 Å². The normalized spacial score (nSPS) is 21.3. The summed E-state index contributed by atoms with van der Waals surface area (Å²) >= 11 is 0. The molecule has 4 heteroatoms. The number of anilines is 1. The first kappa shape index (κ1) is 13.3. The first-order valence-electron chi connectivity index (χ1n) is 6.67. The lowest BCUT2D eigenvalue weighted by Gasteiger charge is -2.38. The van der Waals surface area contributed by atoms with Crippen LogP contribution in [0.5, 0.6) is 0 Å². The van der Waals surface area contributed by atoms with E-state index in [0.717, 1.165) is 37.7 Å². The van der Waals surface area contributed by atoms with Crippen molar-refractivity contribution >= 4 is 5.82 Å². The average Bonchev–Trinajstić information content (AvgIpc) is 2.32. The smallest absolute Gasteiger partial charge is 0.129 e. The molecule has 4 nitrogen and oxygen atoms in total. The fraction of sp³-hybridized carbons (Fsp3) is 0.643. The van der Waals surface area contributed by atoms with Gasteiger partial charge in [0.05, 0.1) is 0 Å². The van der Waals surface area contributed by atoms with Gasteiger partial charge in [0.1, 0.15) is 5.82 Å². The van der Waals surface area contributed by atoms with Gasteiger partial charge in [-0.15, -0.1) is 0 Å². The lowest BCUT2D eigenvalue weighted by Crippen LogP contribution is -2.50. The van der Waals surface area contributed by atoms with Crippen molar-refractivity contribution in [2.24, 2.45) is 0 Å². The van der Waals surface area contributed by atoms with Gasteiger partial charge < -0.3 is 15.1 Å². The van der Waals surface area contributed by atoms with E-state index in [1.807, 2.05) is 7.05 Å². The van der Waals surface area contributed by atoms with Crippen molar-refractivity contribution in [2.75, 3.05) is 38.6 Å². The van der Waals surface area contributed by atoms with Crippen LogP contribution in [0.2, 0.25) is 0 Å². The number of likely N-dealkylation sites (N-methyl/N-ethyl adjacent to an activating group) is 1. The van der Waals surface area contributed by atoms with Crippen LogP contribution < -0.4 is 10.2 Å². The summed E-state index contributed by atoms with van der Waals surface area (Å²) in [5, 5.41) is 3.20. The van der Waals surface area contributed by atoms with E-state index in [0.29, 0.717) is 6.04 Å². The van der Waals surface area contributed by atoms with E-state index in [2.05, 4.69) is 53.1 Å². The summed E-state index contributed by atoms with van der Waals surface area (Å²) < 4.78 is 0. The molecule has 0 aromatic carbocycles. The van der Waals surface area contributed by atoms with Crippen LogP contribution in [-0.2, 0) is 6.54 Å². The van der Waals surface area contributed by atoms with E-state index in [9.17, 15) is 0 Å². The third kappa shape index (κ3) is 3.00. The van der Waals surface area contributed by atoms with Gasteiger partial charge in [0, 0.05) is 37.9 Å². The standard InChI is InChI=1S/C14H24N4/c1-11-7-13(9-15-3)8-14(16-11)18-6-5-17(4)12(2)10-18/h7-8,12,15H,5-6,9-10H2,1-4H3. The highest BCUT2D eigenvalue weighted by atomic mass is 15.3. The van der Waals surface area contributed by atoms with Crippen LogP contribution in [0.4, 0.5) is 5.82 Å². The predicted molar refractivity (Wildman–Crippen MR) is 76.0 cm³/mol. The summed E-state index contributed by atoms with van der Waals surface area (Å²) in [7, 11) is 4.17. The average molecular weight is 248 g/mol. The molecule has 1 aromatic rings. The minimum atomic E-state index is 0.591. The Balaban J connectivity index is 2.17. The topological polar surface area (TPSA) is 31.4 Å². The number of rotatable bonds is 3. The Morgan fingerprint density at radius 3 is 2.83 bits per heavy atom. The number of hydrogen-bond donors (Lipinski definition) is 1. The molecule has 0 amide bonds. The molecule has 2 rings (SSSR count). The van der Waals surface area contributed by atoms with Crippen LogP contribution >= 0.6 is 0 Å². The first-order chi connectivity index (χ1) is 8.60. The van der Waals surface area contributed by atoms with Crippen LogP contribution in [0.3, 0.4) is 0 Å². The number of aromatic nitrogens is 1. The van der Waals surface area contributed by atoms with Crippen LogP contribution in [-0.4, -0.2) is 49.7 Å². The van der Waals surface area contributed by atoms with Gasteiger partial charge in [-0.2, -0.15) is 0 Å². The summed E-state index contributed by atoms with van der Waals surface area (Å²) in [6.45, 7) is 8.48. The highest BCUT2D eigenvalue weighted by Crippen LogP contribution is 2.18. The third-order valence-electron chi connectivity index (χ3n) is 3.66. The second kappa shape index (κ2) is 5.67. The van der Waals surface area contributed by atoms with Crippen LogP contribution in [0.1, 0.15) is 18.2 Å². The van der Waals surface area contributed by atoms with Gasteiger partial charge >= 0.3 is 0 Å². The largest absolute Gasteiger partial charge is 0.354 e. The minimum Gasteiger partial charge on any atom is -0.354 e. The Labute approximate surface area is 110 Å². The van der Waals surface area contributed by atoms with Crippen LogP contribution in [0.25, 0.3) is 0 Å². The summed E-state index contributed by atoms with van der Waals surface area (Å²) in [6.07, 6.45) is 0. The van der Waals surface area contributed by atoms with E-state index in [-0.39, 0.29) is 0 Å². The van der Waals surface area contributed by atoms with Crippen LogP contribution in [0.15, 0.2) is 12.1 Å². The minimum absolute atomic E-state index is 0.591. The van der Waals surface area contributed by atoms with Crippen molar-refractivity contribution in [3.63, 3.8) is 0 Å². The SMILES string of the molecule is CNCc1cc(C)nc(N2CCN(C)C(C)C2)c1. The lowest BCUT2D eigenvalue weighted by molar-refractivity contribution is 0.233. The summed E-state index contributed by atoms with van der Waals surface area (Å²) in [4.78, 5) is 9.48. The zero-order valence-corrected chi connectivity index (χ0v) is 11.9. The van der Waals surface area contributed by atoms with Gasteiger partial charge in [0.2, 0.25) is 0 Å².